The summed E-state index contributed by atoms with van der Waals surface area (Å²) in [6.45, 7) is 5.18. The molecule has 0 atom stereocenters. The summed E-state index contributed by atoms with van der Waals surface area (Å²) in [6.07, 6.45) is 2.48. The third-order valence-electron chi connectivity index (χ3n) is 4.73. The van der Waals surface area contributed by atoms with Crippen LogP contribution in [-0.2, 0) is 6.42 Å². The van der Waals surface area contributed by atoms with Crippen molar-refractivity contribution in [3.05, 3.63) is 66.0 Å². The Morgan fingerprint density at radius 1 is 1.04 bits per heavy atom. The van der Waals surface area contributed by atoms with Crippen LogP contribution in [0.5, 0.6) is 11.6 Å². The number of anilines is 3. The van der Waals surface area contributed by atoms with Crippen LogP contribution in [0.15, 0.2) is 54.9 Å². The highest BCUT2D eigenvalue weighted by Crippen LogP contribution is 2.39. The van der Waals surface area contributed by atoms with Gasteiger partial charge in [-0.25, -0.2) is 4.98 Å². The number of aromatic nitrogens is 2. The maximum absolute atomic E-state index is 6.35. The molecule has 5 heteroatoms. The molecule has 0 fully saturated rings. The first kappa shape index (κ1) is 16.4. The molecule has 0 saturated carbocycles. The standard InChI is InChI=1S/C21H22N4O/c1-14(2)15-7-9-17(10-8-15)26-21-19(22)20(23-13-24-21)25-12-11-16-5-3-4-6-18(16)25/h3-10,13-14H,11-12,22H2,1-2H3. The number of nitrogens with zero attached hydrogens (tertiary/aromatic N) is 3. The van der Waals surface area contributed by atoms with Crippen LogP contribution in [-0.4, -0.2) is 16.5 Å². The van der Waals surface area contributed by atoms with E-state index in [1.165, 1.54) is 17.5 Å². The molecular weight excluding hydrogens is 324 g/mol. The molecule has 0 radical (unpaired) electrons. The monoisotopic (exact) mass is 346 g/mol. The fraction of sp³-hybridized carbons (Fsp3) is 0.238. The Hall–Kier alpha value is -3.08. The highest BCUT2D eigenvalue weighted by atomic mass is 16.5. The van der Waals surface area contributed by atoms with Gasteiger partial charge in [0.25, 0.3) is 0 Å². The lowest BCUT2D eigenvalue weighted by Gasteiger charge is -2.20. The number of benzene rings is 2. The predicted octanol–water partition coefficient (Wildman–Crippen LogP) is 4.67. The number of fused-ring (bicyclic) bond motifs is 1. The number of hydrogen-bond donors (Lipinski definition) is 1. The molecule has 0 saturated heterocycles. The van der Waals surface area contributed by atoms with E-state index < -0.39 is 0 Å². The number of nitrogens with two attached hydrogens (primary N) is 1. The molecule has 0 amide bonds. The third-order valence-corrected chi connectivity index (χ3v) is 4.73. The minimum absolute atomic E-state index is 0.386. The SMILES string of the molecule is CC(C)c1ccc(Oc2ncnc(N3CCc4ccccc43)c2N)cc1. The molecule has 132 valence electrons. The lowest BCUT2D eigenvalue weighted by atomic mass is 10.0. The largest absolute Gasteiger partial charge is 0.437 e. The Morgan fingerprint density at radius 3 is 2.58 bits per heavy atom. The van der Waals surface area contributed by atoms with Crippen molar-refractivity contribution in [1.82, 2.24) is 9.97 Å². The van der Waals surface area contributed by atoms with E-state index in [0.29, 0.717) is 29.1 Å². The molecule has 26 heavy (non-hydrogen) atoms. The van der Waals surface area contributed by atoms with Crippen LogP contribution < -0.4 is 15.4 Å². The second kappa shape index (κ2) is 6.67. The minimum Gasteiger partial charge on any atom is -0.437 e. The average molecular weight is 346 g/mol. The van der Waals surface area contributed by atoms with Crippen LogP contribution in [0.3, 0.4) is 0 Å². The molecule has 2 aromatic carbocycles. The second-order valence-electron chi connectivity index (χ2n) is 6.77. The maximum Gasteiger partial charge on any atom is 0.248 e. The Balaban J connectivity index is 1.62. The minimum atomic E-state index is 0.386. The van der Waals surface area contributed by atoms with Gasteiger partial charge in [-0.2, -0.15) is 4.98 Å². The highest BCUT2D eigenvalue weighted by Gasteiger charge is 2.24. The summed E-state index contributed by atoms with van der Waals surface area (Å²) >= 11 is 0. The Kier molecular flexibility index (Phi) is 4.21. The second-order valence-corrected chi connectivity index (χ2v) is 6.77. The highest BCUT2D eigenvalue weighted by molar-refractivity contribution is 5.77. The fourth-order valence-corrected chi connectivity index (χ4v) is 3.26. The van der Waals surface area contributed by atoms with Crippen molar-refractivity contribution in [3.8, 4) is 11.6 Å². The molecule has 1 aromatic heterocycles. The fourth-order valence-electron chi connectivity index (χ4n) is 3.26. The first-order chi connectivity index (χ1) is 12.6. The van der Waals surface area contributed by atoms with Crippen molar-refractivity contribution in [2.24, 2.45) is 0 Å². The average Bonchev–Trinajstić information content (AvgIpc) is 3.08. The van der Waals surface area contributed by atoms with Gasteiger partial charge >= 0.3 is 0 Å². The number of nitrogen functional groups attached to an aromatic ring is 1. The van der Waals surface area contributed by atoms with Crippen molar-refractivity contribution < 1.29 is 4.74 Å². The van der Waals surface area contributed by atoms with E-state index >= 15 is 0 Å². The van der Waals surface area contributed by atoms with Gasteiger partial charge in [0.15, 0.2) is 5.82 Å². The van der Waals surface area contributed by atoms with E-state index in [9.17, 15) is 0 Å². The van der Waals surface area contributed by atoms with Gasteiger partial charge in [0.2, 0.25) is 5.88 Å². The van der Waals surface area contributed by atoms with Gasteiger partial charge in [-0.05, 0) is 41.7 Å². The first-order valence-electron chi connectivity index (χ1n) is 8.87. The van der Waals surface area contributed by atoms with E-state index in [1.807, 2.05) is 18.2 Å². The number of hydrogen-bond acceptors (Lipinski definition) is 5. The van der Waals surface area contributed by atoms with Crippen LogP contribution in [0.4, 0.5) is 17.2 Å². The van der Waals surface area contributed by atoms with Crippen molar-refractivity contribution in [3.63, 3.8) is 0 Å². The Labute approximate surface area is 153 Å². The molecule has 5 nitrogen and oxygen atoms in total. The van der Waals surface area contributed by atoms with Crippen molar-refractivity contribution in [1.29, 1.82) is 0 Å². The molecule has 1 aliphatic rings. The maximum atomic E-state index is 6.35. The van der Waals surface area contributed by atoms with Crippen LogP contribution in [0, 0.1) is 0 Å². The molecule has 0 unspecified atom stereocenters. The Morgan fingerprint density at radius 2 is 1.81 bits per heavy atom. The molecular formula is C21H22N4O. The molecule has 0 aliphatic carbocycles. The summed E-state index contributed by atoms with van der Waals surface area (Å²) in [5.41, 5.74) is 10.5. The van der Waals surface area contributed by atoms with E-state index in [4.69, 9.17) is 10.5 Å². The quantitative estimate of drug-likeness (QED) is 0.744. The predicted molar refractivity (Wildman–Crippen MR) is 104 cm³/mol. The molecule has 2 heterocycles. The number of ether oxygens (including phenoxy) is 1. The topological polar surface area (TPSA) is 64.3 Å². The lowest BCUT2D eigenvalue weighted by Crippen LogP contribution is -2.17. The first-order valence-corrected chi connectivity index (χ1v) is 8.87. The van der Waals surface area contributed by atoms with E-state index in [1.54, 1.807) is 0 Å². The molecule has 1 aliphatic heterocycles. The van der Waals surface area contributed by atoms with Gasteiger partial charge < -0.3 is 15.4 Å². The molecule has 3 aromatic rings. The van der Waals surface area contributed by atoms with Gasteiger partial charge in [0.1, 0.15) is 17.8 Å². The lowest BCUT2D eigenvalue weighted by molar-refractivity contribution is 0.464. The van der Waals surface area contributed by atoms with Crippen LogP contribution in [0.2, 0.25) is 0 Å². The van der Waals surface area contributed by atoms with Gasteiger partial charge in [0, 0.05) is 12.2 Å². The summed E-state index contributed by atoms with van der Waals surface area (Å²) in [4.78, 5) is 10.8. The van der Waals surface area contributed by atoms with Gasteiger partial charge in [-0.15, -0.1) is 0 Å². The molecule has 2 N–H and O–H groups in total. The Bertz CT molecular complexity index is 922. The summed E-state index contributed by atoms with van der Waals surface area (Å²) in [6, 6.07) is 16.3. The van der Waals surface area contributed by atoms with Gasteiger partial charge in [0.05, 0.1) is 0 Å². The van der Waals surface area contributed by atoms with Crippen LogP contribution in [0.1, 0.15) is 30.9 Å². The van der Waals surface area contributed by atoms with E-state index in [2.05, 4.69) is 59.0 Å². The zero-order valence-electron chi connectivity index (χ0n) is 15.0. The number of rotatable bonds is 4. The summed E-state index contributed by atoms with van der Waals surface area (Å²) in [5.74, 6) is 2.28. The van der Waals surface area contributed by atoms with Crippen molar-refractivity contribution in [2.45, 2.75) is 26.2 Å². The van der Waals surface area contributed by atoms with Crippen LogP contribution in [0.25, 0.3) is 0 Å². The summed E-state index contributed by atoms with van der Waals surface area (Å²) in [5, 5.41) is 0. The van der Waals surface area contributed by atoms with Crippen molar-refractivity contribution in [2.75, 3.05) is 17.2 Å². The normalized spacial score (nSPS) is 13.1. The summed E-state index contributed by atoms with van der Waals surface area (Å²) in [7, 11) is 0. The summed E-state index contributed by atoms with van der Waals surface area (Å²) < 4.78 is 5.93. The molecule has 4 rings (SSSR count). The zero-order chi connectivity index (χ0) is 18.1. The zero-order valence-corrected chi connectivity index (χ0v) is 15.0. The van der Waals surface area contributed by atoms with E-state index in [-0.39, 0.29) is 0 Å². The molecule has 0 bridgehead atoms. The smallest absolute Gasteiger partial charge is 0.248 e. The van der Waals surface area contributed by atoms with Gasteiger partial charge in [-0.3, -0.25) is 0 Å². The van der Waals surface area contributed by atoms with Crippen LogP contribution >= 0.6 is 0 Å². The van der Waals surface area contributed by atoms with Gasteiger partial charge in [-0.1, -0.05) is 44.2 Å². The third kappa shape index (κ3) is 2.96. The number of para-hydroxylation sites is 1. The van der Waals surface area contributed by atoms with Crippen molar-refractivity contribution >= 4 is 17.2 Å². The molecule has 0 spiro atoms. The van der Waals surface area contributed by atoms with E-state index in [0.717, 1.165) is 18.7 Å².